The monoisotopic (exact) mass is 443 g/mol. The molecule has 0 aliphatic heterocycles. The number of amides is 1. The molecule has 6 nitrogen and oxygen atoms in total. The largest absolute Gasteiger partial charge is 0.497 e. The normalized spacial score (nSPS) is 10.8. The van der Waals surface area contributed by atoms with Crippen molar-refractivity contribution >= 4 is 16.9 Å². The summed E-state index contributed by atoms with van der Waals surface area (Å²) >= 11 is 0. The van der Waals surface area contributed by atoms with Crippen LogP contribution in [-0.2, 0) is 0 Å². The molecule has 0 spiro atoms. The number of methoxy groups -OCH3 is 1. The molecule has 1 heterocycles. The van der Waals surface area contributed by atoms with Crippen LogP contribution in [0.1, 0.15) is 21.5 Å². The first-order valence-corrected chi connectivity index (χ1v) is 10.7. The van der Waals surface area contributed by atoms with Crippen LogP contribution >= 0.6 is 0 Å². The van der Waals surface area contributed by atoms with Crippen molar-refractivity contribution < 1.29 is 18.7 Å². The molecule has 0 atom stereocenters. The first kappa shape index (κ1) is 22.1. The molecule has 3 aromatic carbocycles. The second-order valence-electron chi connectivity index (χ2n) is 7.79. The highest BCUT2D eigenvalue weighted by Crippen LogP contribution is 2.25. The van der Waals surface area contributed by atoms with Gasteiger partial charge in [0.2, 0.25) is 0 Å². The Labute approximate surface area is 191 Å². The lowest BCUT2D eigenvalue weighted by atomic mass is 10.1. The van der Waals surface area contributed by atoms with Crippen molar-refractivity contribution in [1.82, 2.24) is 5.32 Å². The van der Waals surface area contributed by atoms with E-state index >= 15 is 0 Å². The molecule has 6 heteroatoms. The zero-order valence-electron chi connectivity index (χ0n) is 18.8. The average molecular weight is 443 g/mol. The molecule has 33 heavy (non-hydrogen) atoms. The fraction of sp³-hybridized carbons (Fsp3) is 0.185. The average Bonchev–Trinajstić information content (AvgIpc) is 2.82. The molecular weight excluding hydrogens is 418 g/mol. The summed E-state index contributed by atoms with van der Waals surface area (Å²) in [7, 11) is 1.61. The van der Waals surface area contributed by atoms with Gasteiger partial charge in [0.25, 0.3) is 5.91 Å². The molecule has 1 N–H and O–H groups in total. The second kappa shape index (κ2) is 9.61. The van der Waals surface area contributed by atoms with Gasteiger partial charge in [-0.1, -0.05) is 18.2 Å². The van der Waals surface area contributed by atoms with Crippen LogP contribution in [0.4, 0.5) is 0 Å². The summed E-state index contributed by atoms with van der Waals surface area (Å²) in [5.41, 5.74) is 3.67. The van der Waals surface area contributed by atoms with E-state index in [0.717, 1.165) is 22.4 Å². The van der Waals surface area contributed by atoms with E-state index in [9.17, 15) is 9.59 Å². The molecule has 4 aromatic rings. The quantitative estimate of drug-likeness (QED) is 0.411. The topological polar surface area (TPSA) is 77.8 Å². The Morgan fingerprint density at radius 3 is 2.33 bits per heavy atom. The molecule has 0 saturated carbocycles. The highest BCUT2D eigenvalue weighted by molar-refractivity contribution is 5.94. The summed E-state index contributed by atoms with van der Waals surface area (Å²) in [4.78, 5) is 25.0. The van der Waals surface area contributed by atoms with E-state index in [0.29, 0.717) is 41.2 Å². The highest BCUT2D eigenvalue weighted by Gasteiger charge is 2.11. The minimum atomic E-state index is -0.203. The van der Waals surface area contributed by atoms with Crippen LogP contribution in [0.25, 0.3) is 22.3 Å². The Morgan fingerprint density at radius 2 is 1.64 bits per heavy atom. The van der Waals surface area contributed by atoms with Crippen LogP contribution in [0.5, 0.6) is 11.5 Å². The number of hydrogen-bond donors (Lipinski definition) is 1. The molecule has 0 aliphatic carbocycles. The van der Waals surface area contributed by atoms with Gasteiger partial charge in [0, 0.05) is 17.2 Å². The first-order chi connectivity index (χ1) is 15.9. The van der Waals surface area contributed by atoms with E-state index in [2.05, 4.69) is 5.32 Å². The summed E-state index contributed by atoms with van der Waals surface area (Å²) in [5.74, 6) is 1.73. The van der Waals surface area contributed by atoms with E-state index < -0.39 is 0 Å². The van der Waals surface area contributed by atoms with Gasteiger partial charge in [-0.05, 0) is 67.4 Å². The summed E-state index contributed by atoms with van der Waals surface area (Å²) < 4.78 is 16.8. The maximum absolute atomic E-state index is 12.6. The van der Waals surface area contributed by atoms with Crippen LogP contribution in [0.3, 0.4) is 0 Å². The summed E-state index contributed by atoms with van der Waals surface area (Å²) in [6.07, 6.45) is 0. The molecule has 0 unspecified atom stereocenters. The summed E-state index contributed by atoms with van der Waals surface area (Å²) in [6.45, 7) is 4.59. The minimum Gasteiger partial charge on any atom is -0.497 e. The summed E-state index contributed by atoms with van der Waals surface area (Å²) in [6, 6.07) is 19.5. The van der Waals surface area contributed by atoms with Gasteiger partial charge in [-0.15, -0.1) is 0 Å². The number of benzene rings is 3. The fourth-order valence-corrected chi connectivity index (χ4v) is 3.64. The van der Waals surface area contributed by atoms with Crippen LogP contribution in [-0.4, -0.2) is 26.2 Å². The molecule has 4 rings (SSSR count). The lowest BCUT2D eigenvalue weighted by molar-refractivity contribution is 0.0947. The molecule has 0 saturated heterocycles. The van der Waals surface area contributed by atoms with Gasteiger partial charge in [0.05, 0.1) is 19.0 Å². The number of fused-ring (bicyclic) bond motifs is 1. The van der Waals surface area contributed by atoms with Crippen molar-refractivity contribution in [1.29, 1.82) is 0 Å². The van der Waals surface area contributed by atoms with Crippen molar-refractivity contribution in [3.8, 4) is 22.8 Å². The molecule has 0 bridgehead atoms. The Balaban J connectivity index is 1.39. The lowest BCUT2D eigenvalue weighted by Gasteiger charge is -2.09. The van der Waals surface area contributed by atoms with E-state index in [1.807, 2.05) is 50.2 Å². The number of rotatable bonds is 7. The third-order valence-corrected chi connectivity index (χ3v) is 5.31. The van der Waals surface area contributed by atoms with Gasteiger partial charge in [-0.25, -0.2) is 0 Å². The van der Waals surface area contributed by atoms with Crippen LogP contribution in [0.2, 0.25) is 0 Å². The van der Waals surface area contributed by atoms with E-state index in [1.54, 1.807) is 31.4 Å². The van der Waals surface area contributed by atoms with Crippen LogP contribution < -0.4 is 20.2 Å². The SMILES string of the molecule is COc1ccc(OCCNC(=O)c2ccc(-c3cc(=O)c4cc(C)cc(C)c4o3)cc2)cc1. The Kier molecular flexibility index (Phi) is 6.45. The molecule has 0 fully saturated rings. The number of hydrogen-bond acceptors (Lipinski definition) is 5. The van der Waals surface area contributed by atoms with Crippen molar-refractivity contribution in [2.45, 2.75) is 13.8 Å². The van der Waals surface area contributed by atoms with Crippen molar-refractivity contribution in [2.24, 2.45) is 0 Å². The van der Waals surface area contributed by atoms with Gasteiger partial charge in [-0.2, -0.15) is 0 Å². The number of carbonyl (C=O) groups is 1. The summed E-state index contributed by atoms with van der Waals surface area (Å²) in [5, 5.41) is 3.41. The minimum absolute atomic E-state index is 0.0864. The van der Waals surface area contributed by atoms with Crippen LogP contribution in [0, 0.1) is 13.8 Å². The van der Waals surface area contributed by atoms with E-state index in [1.165, 1.54) is 6.07 Å². The lowest BCUT2D eigenvalue weighted by Crippen LogP contribution is -2.28. The maximum Gasteiger partial charge on any atom is 0.251 e. The smallest absolute Gasteiger partial charge is 0.251 e. The molecule has 1 amide bonds. The zero-order valence-corrected chi connectivity index (χ0v) is 18.8. The van der Waals surface area contributed by atoms with Crippen molar-refractivity contribution in [2.75, 3.05) is 20.3 Å². The Bertz CT molecular complexity index is 1340. The number of carbonyl (C=O) groups excluding carboxylic acids is 1. The van der Waals surface area contributed by atoms with E-state index in [4.69, 9.17) is 13.9 Å². The number of aryl methyl sites for hydroxylation is 2. The predicted molar refractivity (Wildman–Crippen MR) is 128 cm³/mol. The van der Waals surface area contributed by atoms with E-state index in [-0.39, 0.29) is 11.3 Å². The first-order valence-electron chi connectivity index (χ1n) is 10.7. The van der Waals surface area contributed by atoms with Gasteiger partial charge >= 0.3 is 0 Å². The van der Waals surface area contributed by atoms with Gasteiger partial charge < -0.3 is 19.2 Å². The number of ether oxygens (including phenoxy) is 2. The fourth-order valence-electron chi connectivity index (χ4n) is 3.64. The molecule has 1 aromatic heterocycles. The van der Waals surface area contributed by atoms with Gasteiger partial charge in [-0.3, -0.25) is 9.59 Å². The third-order valence-electron chi connectivity index (χ3n) is 5.31. The second-order valence-corrected chi connectivity index (χ2v) is 7.79. The predicted octanol–water partition coefficient (Wildman–Crippen LogP) is 4.89. The van der Waals surface area contributed by atoms with Gasteiger partial charge in [0.1, 0.15) is 29.4 Å². The number of nitrogens with one attached hydrogen (secondary N) is 1. The molecule has 168 valence electrons. The molecular formula is C27H25NO5. The molecule has 0 aliphatic rings. The molecule has 0 radical (unpaired) electrons. The van der Waals surface area contributed by atoms with Crippen molar-refractivity contribution in [3.63, 3.8) is 0 Å². The Hall–Kier alpha value is -4.06. The van der Waals surface area contributed by atoms with Crippen molar-refractivity contribution in [3.05, 3.63) is 93.6 Å². The van der Waals surface area contributed by atoms with Gasteiger partial charge in [0.15, 0.2) is 5.43 Å². The maximum atomic E-state index is 12.6. The standard InChI is InChI=1S/C27H25NO5/c1-17-14-18(2)26-23(15-17)24(29)16-25(33-26)19-4-6-20(7-5-19)27(30)28-12-13-32-22-10-8-21(31-3)9-11-22/h4-11,14-16H,12-13H2,1-3H3,(H,28,30). The van der Waals surface area contributed by atoms with Crippen LogP contribution in [0.15, 0.2) is 75.9 Å². The third kappa shape index (κ3) is 5.06. The highest BCUT2D eigenvalue weighted by atomic mass is 16.5. The Morgan fingerprint density at radius 1 is 0.939 bits per heavy atom. The zero-order chi connectivity index (χ0) is 23.4.